The van der Waals surface area contributed by atoms with Crippen LogP contribution in [0.2, 0.25) is 0 Å². The predicted molar refractivity (Wildman–Crippen MR) is 71.9 cm³/mol. The van der Waals surface area contributed by atoms with Gasteiger partial charge in [-0.15, -0.1) is 13.2 Å². The summed E-state index contributed by atoms with van der Waals surface area (Å²) in [6.07, 6.45) is -4.53. The third-order valence-electron chi connectivity index (χ3n) is 2.05. The first-order valence-corrected chi connectivity index (χ1v) is 7.83. The van der Waals surface area contributed by atoms with E-state index in [2.05, 4.69) is 25.4 Å². The van der Waals surface area contributed by atoms with Gasteiger partial charge in [0.1, 0.15) is 5.75 Å². The van der Waals surface area contributed by atoms with Gasteiger partial charge in [0.2, 0.25) is 10.0 Å². The van der Waals surface area contributed by atoms with E-state index in [0.717, 1.165) is 6.07 Å². The summed E-state index contributed by atoms with van der Waals surface area (Å²) in [7, 11) is -3.58. The Balaban J connectivity index is 2.83. The van der Waals surface area contributed by atoms with Crippen LogP contribution in [-0.2, 0) is 10.0 Å². The molecular weight excluding hydrogens is 365 g/mol. The van der Waals surface area contributed by atoms with E-state index < -0.39 is 22.1 Å². The molecule has 0 unspecified atom stereocenters. The molecule has 10 heteroatoms. The highest BCUT2D eigenvalue weighted by Crippen LogP contribution is 2.32. The lowest BCUT2D eigenvalue weighted by Gasteiger charge is -2.12. The molecule has 0 saturated carbocycles. The van der Waals surface area contributed by atoms with E-state index >= 15 is 0 Å². The Morgan fingerprint density at radius 1 is 1.35 bits per heavy atom. The van der Waals surface area contributed by atoms with E-state index in [1.165, 1.54) is 12.1 Å². The Morgan fingerprint density at radius 2 is 2.00 bits per heavy atom. The van der Waals surface area contributed by atoms with Crippen LogP contribution in [0.4, 0.5) is 18.9 Å². The van der Waals surface area contributed by atoms with Crippen molar-refractivity contribution in [3.05, 3.63) is 22.7 Å². The smallest absolute Gasteiger partial charge is 0.405 e. The lowest BCUT2D eigenvalue weighted by atomic mass is 10.3. The van der Waals surface area contributed by atoms with E-state index in [0.29, 0.717) is 0 Å². The second-order valence-corrected chi connectivity index (χ2v) is 6.45. The molecule has 114 valence electrons. The number of nitrogens with two attached hydrogens (primary N) is 1. The highest BCUT2D eigenvalue weighted by atomic mass is 79.9. The largest absolute Gasteiger partial charge is 0.573 e. The minimum atomic E-state index is -4.81. The molecule has 0 radical (unpaired) electrons. The van der Waals surface area contributed by atoms with Crippen molar-refractivity contribution in [2.45, 2.75) is 12.8 Å². The number of benzene rings is 1. The molecule has 0 aliphatic heterocycles. The minimum absolute atomic E-state index is 0.0196. The Morgan fingerprint density at radius 3 is 2.50 bits per heavy atom. The summed E-state index contributed by atoms with van der Waals surface area (Å²) in [4.78, 5) is 0. The highest BCUT2D eigenvalue weighted by molar-refractivity contribution is 9.10. The van der Waals surface area contributed by atoms with Crippen LogP contribution in [0.5, 0.6) is 5.75 Å². The number of sulfonamides is 1. The molecule has 0 fully saturated rings. The number of hydrogen-bond donors (Lipinski definition) is 2. The van der Waals surface area contributed by atoms with Crippen molar-refractivity contribution in [1.82, 2.24) is 0 Å². The molecule has 0 amide bonds. The molecule has 0 aromatic heterocycles. The van der Waals surface area contributed by atoms with Crippen molar-refractivity contribution in [1.29, 1.82) is 0 Å². The first-order valence-electron chi connectivity index (χ1n) is 5.39. The second-order valence-electron chi connectivity index (χ2n) is 3.76. The topological polar surface area (TPSA) is 81.4 Å². The number of nitrogens with one attached hydrogen (secondary N) is 1. The summed E-state index contributed by atoms with van der Waals surface area (Å²) < 4.78 is 65.3. The highest BCUT2D eigenvalue weighted by Gasteiger charge is 2.32. The van der Waals surface area contributed by atoms with Crippen LogP contribution in [0, 0.1) is 0 Å². The van der Waals surface area contributed by atoms with Gasteiger partial charge in [0.15, 0.2) is 0 Å². The van der Waals surface area contributed by atoms with Gasteiger partial charge >= 0.3 is 6.36 Å². The van der Waals surface area contributed by atoms with Crippen molar-refractivity contribution in [2.24, 2.45) is 5.73 Å². The molecule has 5 nitrogen and oxygen atoms in total. The number of ether oxygens (including phenoxy) is 1. The van der Waals surface area contributed by atoms with Crippen LogP contribution in [0.15, 0.2) is 22.7 Å². The van der Waals surface area contributed by atoms with Crippen molar-refractivity contribution in [3.63, 3.8) is 0 Å². The summed E-state index contributed by atoms with van der Waals surface area (Å²) in [6.45, 7) is 0.225. The average Bonchev–Trinajstić information content (AvgIpc) is 2.28. The summed E-state index contributed by atoms with van der Waals surface area (Å²) in [6, 6.07) is 3.37. The Hall–Kier alpha value is -1.00. The summed E-state index contributed by atoms with van der Waals surface area (Å²) in [5.74, 6) is -0.621. The first kappa shape index (κ1) is 17.1. The van der Waals surface area contributed by atoms with E-state index in [1.807, 2.05) is 0 Å². The predicted octanol–water partition coefficient (Wildman–Crippen LogP) is 2.44. The molecule has 0 bridgehead atoms. The lowest BCUT2D eigenvalue weighted by Crippen LogP contribution is -2.19. The van der Waals surface area contributed by atoms with Gasteiger partial charge in [-0.25, -0.2) is 8.42 Å². The van der Waals surface area contributed by atoms with Crippen LogP contribution in [-0.4, -0.2) is 27.1 Å². The Labute approximate surface area is 122 Å². The minimum Gasteiger partial charge on any atom is -0.405 e. The molecule has 1 aromatic carbocycles. The van der Waals surface area contributed by atoms with E-state index in [1.54, 1.807) is 0 Å². The van der Waals surface area contributed by atoms with Gasteiger partial charge < -0.3 is 10.5 Å². The zero-order valence-corrected chi connectivity index (χ0v) is 12.5. The Bertz CT molecular complexity index is 563. The molecule has 0 spiro atoms. The maximum absolute atomic E-state index is 12.1. The molecule has 0 aliphatic rings. The van der Waals surface area contributed by atoms with Crippen LogP contribution < -0.4 is 15.2 Å². The van der Waals surface area contributed by atoms with Gasteiger partial charge in [-0.3, -0.25) is 4.72 Å². The van der Waals surface area contributed by atoms with Crippen molar-refractivity contribution < 1.29 is 26.3 Å². The van der Waals surface area contributed by atoms with Crippen LogP contribution in [0.1, 0.15) is 6.42 Å². The molecular formula is C10H12BrF3N2O3S. The lowest BCUT2D eigenvalue weighted by molar-refractivity contribution is -0.274. The van der Waals surface area contributed by atoms with Crippen LogP contribution in [0.25, 0.3) is 0 Å². The van der Waals surface area contributed by atoms with Gasteiger partial charge in [-0.2, -0.15) is 0 Å². The fourth-order valence-electron chi connectivity index (χ4n) is 1.28. The maximum atomic E-state index is 12.1. The molecule has 3 N–H and O–H groups in total. The summed E-state index contributed by atoms with van der Waals surface area (Å²) in [5, 5.41) is 0. The Kier molecular flexibility index (Phi) is 5.66. The van der Waals surface area contributed by atoms with Gasteiger partial charge in [0, 0.05) is 5.69 Å². The van der Waals surface area contributed by atoms with Crippen molar-refractivity contribution in [2.75, 3.05) is 17.0 Å². The van der Waals surface area contributed by atoms with E-state index in [9.17, 15) is 21.6 Å². The van der Waals surface area contributed by atoms with Gasteiger partial charge in [-0.05, 0) is 47.1 Å². The number of alkyl halides is 3. The zero-order valence-electron chi connectivity index (χ0n) is 10.1. The standard InChI is InChI=1S/C10H12BrF3N2O3S/c11-8-6-7(16-20(17,18)5-1-4-15)2-3-9(8)19-10(12,13)14/h2-3,6,16H,1,4-5,15H2. The fraction of sp³-hybridized carbons (Fsp3) is 0.400. The van der Waals surface area contributed by atoms with Gasteiger partial charge in [0.25, 0.3) is 0 Å². The zero-order chi connectivity index (χ0) is 15.4. The van der Waals surface area contributed by atoms with E-state index in [-0.39, 0.29) is 28.9 Å². The molecule has 1 rings (SSSR count). The van der Waals surface area contributed by atoms with Crippen LogP contribution in [0.3, 0.4) is 0 Å². The third-order valence-corrected chi connectivity index (χ3v) is 4.04. The quantitative estimate of drug-likeness (QED) is 0.798. The molecule has 0 atom stereocenters. The van der Waals surface area contributed by atoms with Crippen molar-refractivity contribution >= 4 is 31.6 Å². The molecule has 0 heterocycles. The number of halogens is 4. The first-order chi connectivity index (χ1) is 9.13. The summed E-state index contributed by atoms with van der Waals surface area (Å²) >= 11 is 2.88. The second kappa shape index (κ2) is 6.64. The number of hydrogen-bond acceptors (Lipinski definition) is 4. The number of rotatable bonds is 6. The summed E-state index contributed by atoms with van der Waals surface area (Å²) in [5.41, 5.74) is 5.34. The molecule has 1 aromatic rings. The SMILES string of the molecule is NCCCS(=O)(=O)Nc1ccc(OC(F)(F)F)c(Br)c1. The van der Waals surface area contributed by atoms with Gasteiger partial charge in [0.05, 0.1) is 10.2 Å². The third kappa shape index (κ3) is 5.97. The maximum Gasteiger partial charge on any atom is 0.573 e. The van der Waals surface area contributed by atoms with Crippen LogP contribution >= 0.6 is 15.9 Å². The monoisotopic (exact) mass is 376 g/mol. The number of anilines is 1. The fourth-order valence-corrected chi connectivity index (χ4v) is 2.87. The normalized spacial score (nSPS) is 12.2. The van der Waals surface area contributed by atoms with Gasteiger partial charge in [-0.1, -0.05) is 0 Å². The molecule has 0 saturated heterocycles. The molecule has 0 aliphatic carbocycles. The molecule has 20 heavy (non-hydrogen) atoms. The van der Waals surface area contributed by atoms with Crippen molar-refractivity contribution in [3.8, 4) is 5.75 Å². The average molecular weight is 377 g/mol. The van der Waals surface area contributed by atoms with E-state index in [4.69, 9.17) is 5.73 Å².